The molecule has 2 rings (SSSR count). The first kappa shape index (κ1) is 16.4. The van der Waals surface area contributed by atoms with Gasteiger partial charge in [0.2, 0.25) is 0 Å². The van der Waals surface area contributed by atoms with Gasteiger partial charge in [0, 0.05) is 18.2 Å². The molecule has 0 amide bonds. The monoisotopic (exact) mass is 293 g/mol. The van der Waals surface area contributed by atoms with Gasteiger partial charge in [0.25, 0.3) is 0 Å². The highest BCUT2D eigenvalue weighted by Gasteiger charge is 2.27. The van der Waals surface area contributed by atoms with Gasteiger partial charge in [0.1, 0.15) is 5.82 Å². The first-order valence-corrected chi connectivity index (χ1v) is 8.21. The molecule has 2 nitrogen and oxygen atoms in total. The van der Waals surface area contributed by atoms with Gasteiger partial charge in [-0.1, -0.05) is 51.8 Å². The number of hydrogen-bond donors (Lipinski definition) is 1. The molecular weight excluding hydrogens is 265 g/mol. The summed E-state index contributed by atoms with van der Waals surface area (Å²) in [5.74, 6) is 0.392. The molecule has 1 saturated carbocycles. The third-order valence-electron chi connectivity index (χ3n) is 4.34. The number of hydrogen-bond acceptors (Lipinski definition) is 2. The van der Waals surface area contributed by atoms with E-state index in [4.69, 9.17) is 4.74 Å². The van der Waals surface area contributed by atoms with E-state index in [0.29, 0.717) is 24.1 Å². The van der Waals surface area contributed by atoms with E-state index < -0.39 is 0 Å². The van der Waals surface area contributed by atoms with Crippen LogP contribution in [0.2, 0.25) is 0 Å². The summed E-state index contributed by atoms with van der Waals surface area (Å²) >= 11 is 0. The predicted octanol–water partition coefficient (Wildman–Crippen LogP) is 4.46. The summed E-state index contributed by atoms with van der Waals surface area (Å²) in [4.78, 5) is 0. The number of benzene rings is 1. The van der Waals surface area contributed by atoms with Gasteiger partial charge in [-0.15, -0.1) is 0 Å². The fourth-order valence-corrected chi connectivity index (χ4v) is 3.01. The Balaban J connectivity index is 2.10. The van der Waals surface area contributed by atoms with Crippen molar-refractivity contribution in [1.29, 1.82) is 0 Å². The van der Waals surface area contributed by atoms with Gasteiger partial charge in [-0.25, -0.2) is 4.39 Å². The van der Waals surface area contributed by atoms with Crippen molar-refractivity contribution in [2.75, 3.05) is 6.54 Å². The largest absolute Gasteiger partial charge is 0.369 e. The quantitative estimate of drug-likeness (QED) is 0.836. The summed E-state index contributed by atoms with van der Waals surface area (Å²) < 4.78 is 20.4. The Labute approximate surface area is 128 Å². The molecule has 118 valence electrons. The molecule has 1 N–H and O–H groups in total. The molecular formula is C18H28FNO. The van der Waals surface area contributed by atoms with E-state index in [0.717, 1.165) is 6.42 Å². The number of rotatable bonds is 6. The van der Waals surface area contributed by atoms with E-state index in [1.54, 1.807) is 6.07 Å². The second-order valence-corrected chi connectivity index (χ2v) is 6.51. The molecule has 1 aliphatic rings. The fourth-order valence-electron chi connectivity index (χ4n) is 3.01. The van der Waals surface area contributed by atoms with Crippen LogP contribution in [-0.2, 0) is 4.74 Å². The van der Waals surface area contributed by atoms with Crippen LogP contribution in [0.15, 0.2) is 24.3 Å². The summed E-state index contributed by atoms with van der Waals surface area (Å²) in [7, 11) is 0. The van der Waals surface area contributed by atoms with Crippen molar-refractivity contribution >= 4 is 0 Å². The zero-order valence-corrected chi connectivity index (χ0v) is 13.4. The highest BCUT2D eigenvalue weighted by atomic mass is 19.1. The van der Waals surface area contributed by atoms with Crippen molar-refractivity contribution in [2.24, 2.45) is 5.92 Å². The highest BCUT2D eigenvalue weighted by molar-refractivity contribution is 5.20. The third-order valence-corrected chi connectivity index (χ3v) is 4.34. The predicted molar refractivity (Wildman–Crippen MR) is 84.8 cm³/mol. The Bertz CT molecular complexity index is 435. The SMILES string of the molecule is CC(C)NCC(OC1CCCCC1C)c1ccccc1F. The van der Waals surface area contributed by atoms with Gasteiger partial charge in [-0.2, -0.15) is 0 Å². The van der Waals surface area contributed by atoms with Gasteiger partial charge in [0.15, 0.2) is 0 Å². The first-order chi connectivity index (χ1) is 10.1. The van der Waals surface area contributed by atoms with Crippen molar-refractivity contribution in [1.82, 2.24) is 5.32 Å². The smallest absolute Gasteiger partial charge is 0.129 e. The van der Waals surface area contributed by atoms with E-state index in [-0.39, 0.29) is 18.0 Å². The summed E-state index contributed by atoms with van der Waals surface area (Å²) in [5, 5.41) is 3.38. The molecule has 0 spiro atoms. The summed E-state index contributed by atoms with van der Waals surface area (Å²) in [6.45, 7) is 7.10. The first-order valence-electron chi connectivity index (χ1n) is 8.21. The normalized spacial score (nSPS) is 24.2. The number of nitrogens with one attached hydrogen (secondary N) is 1. The van der Waals surface area contributed by atoms with Crippen LogP contribution in [0.3, 0.4) is 0 Å². The molecule has 1 fully saturated rings. The molecule has 0 aromatic heterocycles. The van der Waals surface area contributed by atoms with Gasteiger partial charge < -0.3 is 10.1 Å². The van der Waals surface area contributed by atoms with Gasteiger partial charge in [0.05, 0.1) is 12.2 Å². The second kappa shape index (κ2) is 7.90. The van der Waals surface area contributed by atoms with E-state index in [9.17, 15) is 4.39 Å². The molecule has 1 aliphatic carbocycles. The zero-order valence-electron chi connectivity index (χ0n) is 13.4. The zero-order chi connectivity index (χ0) is 15.2. The highest BCUT2D eigenvalue weighted by Crippen LogP contribution is 2.31. The van der Waals surface area contributed by atoms with Crippen LogP contribution in [0.1, 0.15) is 58.1 Å². The molecule has 1 aromatic carbocycles. The maximum Gasteiger partial charge on any atom is 0.129 e. The van der Waals surface area contributed by atoms with Crippen LogP contribution in [0.4, 0.5) is 4.39 Å². The molecule has 0 bridgehead atoms. The maximum atomic E-state index is 14.1. The van der Waals surface area contributed by atoms with Crippen LogP contribution < -0.4 is 5.32 Å². The van der Waals surface area contributed by atoms with E-state index >= 15 is 0 Å². The van der Waals surface area contributed by atoms with Gasteiger partial charge in [-0.3, -0.25) is 0 Å². The molecule has 21 heavy (non-hydrogen) atoms. The van der Waals surface area contributed by atoms with Crippen LogP contribution in [-0.4, -0.2) is 18.7 Å². The van der Waals surface area contributed by atoms with Crippen molar-refractivity contribution < 1.29 is 9.13 Å². The van der Waals surface area contributed by atoms with Crippen molar-refractivity contribution in [3.05, 3.63) is 35.6 Å². The Morgan fingerprint density at radius 3 is 2.62 bits per heavy atom. The molecule has 1 aromatic rings. The molecule has 0 aliphatic heterocycles. The van der Waals surface area contributed by atoms with Crippen LogP contribution >= 0.6 is 0 Å². The lowest BCUT2D eigenvalue weighted by Gasteiger charge is -2.33. The molecule has 3 heteroatoms. The summed E-state index contributed by atoms with van der Waals surface area (Å²) in [6, 6.07) is 7.34. The van der Waals surface area contributed by atoms with Crippen molar-refractivity contribution in [3.8, 4) is 0 Å². The Hall–Kier alpha value is -0.930. The number of ether oxygens (including phenoxy) is 1. The van der Waals surface area contributed by atoms with Gasteiger partial charge in [-0.05, 0) is 24.8 Å². The van der Waals surface area contributed by atoms with Crippen molar-refractivity contribution in [2.45, 2.75) is 64.7 Å². The standard InChI is InChI=1S/C18H28FNO/c1-13(2)20-12-18(15-9-5-6-10-16(15)19)21-17-11-7-4-8-14(17)3/h5-6,9-10,13-14,17-18,20H,4,7-8,11-12H2,1-3H3. The lowest BCUT2D eigenvalue weighted by atomic mass is 9.87. The number of halogens is 1. The minimum absolute atomic E-state index is 0.170. The maximum absolute atomic E-state index is 14.1. The Kier molecular flexibility index (Phi) is 6.19. The van der Waals surface area contributed by atoms with E-state index in [1.165, 1.54) is 25.3 Å². The van der Waals surface area contributed by atoms with E-state index in [1.807, 2.05) is 12.1 Å². The van der Waals surface area contributed by atoms with E-state index in [2.05, 4.69) is 26.1 Å². The minimum atomic E-state index is -0.209. The molecule has 0 radical (unpaired) electrons. The van der Waals surface area contributed by atoms with Crippen LogP contribution in [0.5, 0.6) is 0 Å². The molecule has 3 atom stereocenters. The average Bonchev–Trinajstić information content (AvgIpc) is 2.46. The minimum Gasteiger partial charge on any atom is -0.369 e. The molecule has 0 saturated heterocycles. The second-order valence-electron chi connectivity index (χ2n) is 6.51. The summed E-state index contributed by atoms with van der Waals surface area (Å²) in [6.07, 6.45) is 4.85. The molecule has 0 heterocycles. The summed E-state index contributed by atoms with van der Waals surface area (Å²) in [5.41, 5.74) is 0.670. The van der Waals surface area contributed by atoms with Crippen LogP contribution in [0.25, 0.3) is 0 Å². The Morgan fingerprint density at radius 1 is 1.24 bits per heavy atom. The molecule has 3 unspecified atom stereocenters. The van der Waals surface area contributed by atoms with Gasteiger partial charge >= 0.3 is 0 Å². The average molecular weight is 293 g/mol. The Morgan fingerprint density at radius 2 is 1.95 bits per heavy atom. The lowest BCUT2D eigenvalue weighted by molar-refractivity contribution is -0.0581. The van der Waals surface area contributed by atoms with Crippen molar-refractivity contribution in [3.63, 3.8) is 0 Å². The lowest BCUT2D eigenvalue weighted by Crippen LogP contribution is -2.34. The third kappa shape index (κ3) is 4.79. The topological polar surface area (TPSA) is 21.3 Å². The fraction of sp³-hybridized carbons (Fsp3) is 0.667. The van der Waals surface area contributed by atoms with Crippen LogP contribution in [0, 0.1) is 11.7 Å².